The summed E-state index contributed by atoms with van der Waals surface area (Å²) in [5, 5.41) is 4.99. The molecule has 0 N–H and O–H groups in total. The Bertz CT molecular complexity index is 957. The van der Waals surface area contributed by atoms with Crippen molar-refractivity contribution in [3.63, 3.8) is 0 Å². The van der Waals surface area contributed by atoms with E-state index in [0.29, 0.717) is 32.8 Å². The van der Waals surface area contributed by atoms with Crippen LogP contribution in [0.5, 0.6) is 0 Å². The van der Waals surface area contributed by atoms with Gasteiger partial charge in [-0.05, 0) is 73.2 Å². The van der Waals surface area contributed by atoms with Crippen molar-refractivity contribution < 1.29 is 18.9 Å². The second-order valence-corrected chi connectivity index (χ2v) is 9.50. The van der Waals surface area contributed by atoms with Crippen LogP contribution in [0.15, 0.2) is 54.6 Å². The fourth-order valence-corrected chi connectivity index (χ4v) is 4.79. The van der Waals surface area contributed by atoms with Gasteiger partial charge >= 0.3 is 0 Å². The minimum atomic E-state index is -0.555. The molecule has 3 aromatic rings. The minimum absolute atomic E-state index is 0.449. The van der Waals surface area contributed by atoms with E-state index in [0.717, 1.165) is 25.7 Å². The summed E-state index contributed by atoms with van der Waals surface area (Å²) in [5.41, 5.74) is 0.731. The van der Waals surface area contributed by atoms with Crippen LogP contribution >= 0.6 is 0 Å². The molecule has 0 saturated carbocycles. The lowest BCUT2D eigenvalue weighted by atomic mass is 9.78. The van der Waals surface area contributed by atoms with Crippen LogP contribution in [0.4, 0.5) is 0 Å². The van der Waals surface area contributed by atoms with E-state index in [4.69, 9.17) is 18.9 Å². The summed E-state index contributed by atoms with van der Waals surface area (Å²) in [4.78, 5) is 0. The lowest BCUT2D eigenvalue weighted by molar-refractivity contribution is -0.289. The van der Waals surface area contributed by atoms with Gasteiger partial charge in [-0.3, -0.25) is 0 Å². The summed E-state index contributed by atoms with van der Waals surface area (Å²) in [7, 11) is 0. The molecule has 2 atom stereocenters. The van der Waals surface area contributed by atoms with Gasteiger partial charge in [0.15, 0.2) is 12.6 Å². The van der Waals surface area contributed by atoms with Crippen molar-refractivity contribution in [1.29, 1.82) is 0 Å². The van der Waals surface area contributed by atoms with Crippen LogP contribution in [0, 0.1) is 5.41 Å². The average molecular weight is 481 g/mol. The molecular formula is C31H44O4. The van der Waals surface area contributed by atoms with Gasteiger partial charge in [-0.1, -0.05) is 75.2 Å². The topological polar surface area (TPSA) is 36.9 Å². The molecule has 0 amide bonds. The Morgan fingerprint density at radius 3 is 1.54 bits per heavy atom. The van der Waals surface area contributed by atoms with E-state index in [1.54, 1.807) is 0 Å². The first kappa shape index (κ1) is 27.6. The monoisotopic (exact) mass is 480 g/mol. The second kappa shape index (κ2) is 13.9. The molecule has 0 radical (unpaired) electrons. The van der Waals surface area contributed by atoms with Crippen LogP contribution in [0.2, 0.25) is 0 Å². The fraction of sp³-hybridized carbons (Fsp3) is 0.548. The maximum atomic E-state index is 6.44. The first-order chi connectivity index (χ1) is 17.1. The summed E-state index contributed by atoms with van der Waals surface area (Å²) in [5.74, 6) is 0. The van der Waals surface area contributed by atoms with Gasteiger partial charge in [-0.15, -0.1) is 0 Å². The second-order valence-electron chi connectivity index (χ2n) is 9.50. The van der Waals surface area contributed by atoms with E-state index < -0.39 is 18.0 Å². The van der Waals surface area contributed by atoms with Gasteiger partial charge in [0.25, 0.3) is 0 Å². The van der Waals surface area contributed by atoms with Crippen molar-refractivity contribution in [1.82, 2.24) is 0 Å². The highest BCUT2D eigenvalue weighted by Gasteiger charge is 2.45. The van der Waals surface area contributed by atoms with Gasteiger partial charge in [0.05, 0.1) is 5.41 Å². The first-order valence-electron chi connectivity index (χ1n) is 13.4. The van der Waals surface area contributed by atoms with Crippen molar-refractivity contribution in [3.05, 3.63) is 60.2 Å². The molecule has 0 aromatic heterocycles. The summed E-state index contributed by atoms with van der Waals surface area (Å²) >= 11 is 0. The molecule has 3 aromatic carbocycles. The number of hydrogen-bond acceptors (Lipinski definition) is 4. The molecule has 4 heteroatoms. The van der Waals surface area contributed by atoms with Crippen LogP contribution in [0.25, 0.3) is 21.5 Å². The number of hydrogen-bond donors (Lipinski definition) is 0. The zero-order valence-electron chi connectivity index (χ0n) is 22.3. The van der Waals surface area contributed by atoms with Crippen LogP contribution in [-0.4, -0.2) is 39.0 Å². The van der Waals surface area contributed by atoms with Crippen LogP contribution in [0.1, 0.15) is 65.9 Å². The normalized spacial score (nSPS) is 15.3. The highest BCUT2D eigenvalue weighted by atomic mass is 16.7. The maximum absolute atomic E-state index is 6.44. The number of ether oxygens (including phenoxy) is 4. The molecule has 0 saturated heterocycles. The minimum Gasteiger partial charge on any atom is -0.352 e. The van der Waals surface area contributed by atoms with Gasteiger partial charge in [0, 0.05) is 26.4 Å². The first-order valence-corrected chi connectivity index (χ1v) is 13.4. The smallest absolute Gasteiger partial charge is 0.168 e. The quantitative estimate of drug-likeness (QED) is 0.119. The third-order valence-electron chi connectivity index (χ3n) is 6.69. The van der Waals surface area contributed by atoms with Crippen LogP contribution in [0.3, 0.4) is 0 Å². The van der Waals surface area contributed by atoms with Gasteiger partial charge in [0.2, 0.25) is 0 Å². The van der Waals surface area contributed by atoms with Gasteiger partial charge < -0.3 is 18.9 Å². The Balaban J connectivity index is 2.14. The Labute approximate surface area is 211 Å². The summed E-state index contributed by atoms with van der Waals surface area (Å²) in [6.07, 6.45) is 3.95. The van der Waals surface area contributed by atoms with Crippen molar-refractivity contribution in [2.24, 2.45) is 5.41 Å². The predicted octanol–water partition coefficient (Wildman–Crippen LogP) is 7.90. The molecule has 0 fully saturated rings. The molecule has 0 bridgehead atoms. The number of unbranched alkanes of at least 4 members (excludes halogenated alkanes) is 2. The number of benzene rings is 3. The molecule has 0 spiro atoms. The van der Waals surface area contributed by atoms with Crippen molar-refractivity contribution >= 4 is 21.5 Å². The van der Waals surface area contributed by atoms with E-state index in [1.165, 1.54) is 27.1 Å². The molecule has 0 aliphatic heterocycles. The van der Waals surface area contributed by atoms with Crippen LogP contribution < -0.4 is 0 Å². The van der Waals surface area contributed by atoms with Crippen molar-refractivity contribution in [2.75, 3.05) is 26.4 Å². The largest absolute Gasteiger partial charge is 0.352 e. The average Bonchev–Trinajstić information content (AvgIpc) is 2.87. The molecule has 0 aliphatic carbocycles. The molecule has 0 aliphatic rings. The standard InChI is InChI=1S/C31H44O4/c1-6-10-20-34-29(32-8-3)31(5,30(33-9-4)35-21-11-7-2)23-28-26-18-14-12-16-24(26)22-25-17-13-15-19-27(25)28/h12-19,22,29-30H,6-11,20-21,23H2,1-5H3. The lowest BCUT2D eigenvalue weighted by Crippen LogP contribution is -2.50. The van der Waals surface area contributed by atoms with E-state index in [2.05, 4.69) is 75.4 Å². The van der Waals surface area contributed by atoms with Crippen molar-refractivity contribution in [3.8, 4) is 0 Å². The van der Waals surface area contributed by atoms with Crippen molar-refractivity contribution in [2.45, 2.75) is 79.3 Å². The molecular weight excluding hydrogens is 436 g/mol. The summed E-state index contributed by atoms with van der Waals surface area (Å²) in [6, 6.07) is 19.6. The highest BCUT2D eigenvalue weighted by molar-refractivity contribution is 6.02. The Hall–Kier alpha value is -1.98. The molecule has 3 rings (SSSR count). The lowest BCUT2D eigenvalue weighted by Gasteiger charge is -2.42. The number of rotatable bonds is 16. The summed E-state index contributed by atoms with van der Waals surface area (Å²) < 4.78 is 25.5. The summed E-state index contributed by atoms with van der Waals surface area (Å²) in [6.45, 7) is 13.1. The Kier molecular flexibility index (Phi) is 11.0. The van der Waals surface area contributed by atoms with E-state index >= 15 is 0 Å². The maximum Gasteiger partial charge on any atom is 0.168 e. The zero-order chi connectivity index (χ0) is 25.1. The van der Waals surface area contributed by atoms with Gasteiger partial charge in [0.1, 0.15) is 0 Å². The van der Waals surface area contributed by atoms with E-state index in [9.17, 15) is 0 Å². The van der Waals surface area contributed by atoms with Crippen LogP contribution in [-0.2, 0) is 25.4 Å². The molecule has 192 valence electrons. The highest BCUT2D eigenvalue weighted by Crippen LogP contribution is 2.40. The molecule has 0 heterocycles. The molecule has 2 unspecified atom stereocenters. The number of fused-ring (bicyclic) bond motifs is 2. The Morgan fingerprint density at radius 1 is 0.657 bits per heavy atom. The van der Waals surface area contributed by atoms with Gasteiger partial charge in [-0.25, -0.2) is 0 Å². The SMILES string of the molecule is CCCCOC(OCC)C(C)(Cc1c2ccccc2cc2ccccc12)C(OCC)OCCCC. The van der Waals surface area contributed by atoms with E-state index in [1.807, 2.05) is 13.8 Å². The zero-order valence-corrected chi connectivity index (χ0v) is 22.3. The Morgan fingerprint density at radius 2 is 1.11 bits per heavy atom. The van der Waals surface area contributed by atoms with E-state index in [-0.39, 0.29) is 0 Å². The fourth-order valence-electron chi connectivity index (χ4n) is 4.79. The third-order valence-corrected chi connectivity index (χ3v) is 6.69. The predicted molar refractivity (Wildman–Crippen MR) is 146 cm³/mol. The third kappa shape index (κ3) is 6.83. The molecule has 4 nitrogen and oxygen atoms in total. The van der Waals surface area contributed by atoms with Gasteiger partial charge in [-0.2, -0.15) is 0 Å². The molecule has 35 heavy (non-hydrogen) atoms.